The van der Waals surface area contributed by atoms with Crippen molar-refractivity contribution in [2.45, 2.75) is 72.8 Å². The molecule has 0 bridgehead atoms. The molecular formula is C39H45N5O3. The van der Waals surface area contributed by atoms with Crippen LogP contribution in [0.25, 0.3) is 22.2 Å². The summed E-state index contributed by atoms with van der Waals surface area (Å²) in [4.78, 5) is 40.4. The number of aromatic amines is 1. The van der Waals surface area contributed by atoms with Crippen LogP contribution in [0.2, 0.25) is 0 Å². The highest BCUT2D eigenvalue weighted by molar-refractivity contribution is 6.03. The molecule has 2 N–H and O–H groups in total. The van der Waals surface area contributed by atoms with Crippen LogP contribution in [0.1, 0.15) is 82.9 Å². The first-order valence-corrected chi connectivity index (χ1v) is 16.5. The summed E-state index contributed by atoms with van der Waals surface area (Å²) in [6, 6.07) is 21.4. The largest absolute Gasteiger partial charge is 0.489 e. The van der Waals surface area contributed by atoms with E-state index in [1.807, 2.05) is 36.4 Å². The molecule has 5 aromatic rings. The number of pyridine rings is 3. The van der Waals surface area contributed by atoms with Crippen molar-refractivity contribution < 1.29 is 9.53 Å². The fourth-order valence-electron chi connectivity index (χ4n) is 5.71. The lowest BCUT2D eigenvalue weighted by Crippen LogP contribution is -2.39. The highest BCUT2D eigenvalue weighted by Crippen LogP contribution is 2.38. The lowest BCUT2D eigenvalue weighted by molar-refractivity contribution is 0.256. The lowest BCUT2D eigenvalue weighted by atomic mass is 9.88. The van der Waals surface area contributed by atoms with E-state index in [1.54, 1.807) is 29.6 Å². The van der Waals surface area contributed by atoms with Crippen molar-refractivity contribution in [3.8, 4) is 16.9 Å². The van der Waals surface area contributed by atoms with E-state index in [4.69, 9.17) is 4.74 Å². The van der Waals surface area contributed by atoms with Gasteiger partial charge in [-0.05, 0) is 113 Å². The average Bonchev–Trinajstić information content (AvgIpc) is 3.06. The van der Waals surface area contributed by atoms with E-state index in [2.05, 4.69) is 86.1 Å². The van der Waals surface area contributed by atoms with Gasteiger partial charge in [-0.1, -0.05) is 53.7 Å². The van der Waals surface area contributed by atoms with Gasteiger partial charge in [0.15, 0.2) is 0 Å². The zero-order valence-electron chi connectivity index (χ0n) is 28.2. The van der Waals surface area contributed by atoms with Gasteiger partial charge in [0.2, 0.25) is 0 Å². The minimum absolute atomic E-state index is 0.124. The maximum Gasteiger partial charge on any atom is 0.326 e. The second kappa shape index (κ2) is 15.1. The van der Waals surface area contributed by atoms with Crippen LogP contribution in [0.4, 0.5) is 16.2 Å². The Balaban J connectivity index is 1.50. The highest BCUT2D eigenvalue weighted by atomic mass is 16.5. The summed E-state index contributed by atoms with van der Waals surface area (Å²) in [6.07, 6.45) is 6.87. The van der Waals surface area contributed by atoms with Gasteiger partial charge < -0.3 is 15.0 Å². The Labute approximate surface area is 277 Å². The molecule has 0 fully saturated rings. The lowest BCUT2D eigenvalue weighted by Gasteiger charge is -2.27. The fraction of sp³-hybridized carbons (Fsp3) is 0.333. The number of carbonyl (C=O) groups excluding carboxylic acids is 1. The first-order chi connectivity index (χ1) is 22.6. The number of anilines is 2. The quantitative estimate of drug-likeness (QED) is 0.143. The Morgan fingerprint density at radius 3 is 2.28 bits per heavy atom. The van der Waals surface area contributed by atoms with E-state index in [0.717, 1.165) is 57.5 Å². The van der Waals surface area contributed by atoms with Crippen molar-refractivity contribution in [2.75, 3.05) is 16.8 Å². The minimum Gasteiger partial charge on any atom is -0.489 e. The van der Waals surface area contributed by atoms with E-state index in [9.17, 15) is 9.59 Å². The Morgan fingerprint density at radius 1 is 0.872 bits per heavy atom. The monoisotopic (exact) mass is 631 g/mol. The van der Waals surface area contributed by atoms with Crippen LogP contribution in [-0.4, -0.2) is 27.5 Å². The number of hydrogen-bond donors (Lipinski definition) is 2. The van der Waals surface area contributed by atoms with E-state index < -0.39 is 0 Å². The van der Waals surface area contributed by atoms with Gasteiger partial charge in [-0.3, -0.25) is 14.7 Å². The number of rotatable bonds is 12. The van der Waals surface area contributed by atoms with Crippen LogP contribution in [0.15, 0.2) is 90.1 Å². The van der Waals surface area contributed by atoms with Crippen molar-refractivity contribution in [1.82, 2.24) is 15.0 Å². The summed E-state index contributed by atoms with van der Waals surface area (Å²) in [7, 11) is 0. The topological polar surface area (TPSA) is 100 Å². The summed E-state index contributed by atoms with van der Waals surface area (Å²) >= 11 is 0. The Hall–Kier alpha value is -4.98. The van der Waals surface area contributed by atoms with Gasteiger partial charge in [0.05, 0.1) is 0 Å². The molecule has 2 amide bonds. The molecular weight excluding hydrogens is 586 g/mol. The molecule has 2 aromatic carbocycles. The second-order valence-corrected chi connectivity index (χ2v) is 13.1. The van der Waals surface area contributed by atoms with Crippen LogP contribution in [0, 0.1) is 5.92 Å². The maximum absolute atomic E-state index is 14.2. The van der Waals surface area contributed by atoms with Gasteiger partial charge in [0.25, 0.3) is 5.56 Å². The summed E-state index contributed by atoms with van der Waals surface area (Å²) in [5.41, 5.74) is 6.45. The predicted molar refractivity (Wildman–Crippen MR) is 191 cm³/mol. The number of ether oxygens (including phenoxy) is 1. The molecule has 0 spiro atoms. The third-order valence-electron chi connectivity index (χ3n) is 8.29. The van der Waals surface area contributed by atoms with Crippen molar-refractivity contribution in [1.29, 1.82) is 0 Å². The van der Waals surface area contributed by atoms with Crippen molar-refractivity contribution in [2.24, 2.45) is 5.92 Å². The molecule has 0 unspecified atom stereocenters. The Kier molecular flexibility index (Phi) is 10.7. The van der Waals surface area contributed by atoms with Gasteiger partial charge in [-0.25, -0.2) is 9.78 Å². The van der Waals surface area contributed by atoms with Crippen LogP contribution in [0.5, 0.6) is 5.75 Å². The first kappa shape index (κ1) is 33.4. The molecule has 0 aliphatic rings. The maximum atomic E-state index is 14.2. The number of fused-ring (bicyclic) bond motifs is 1. The molecule has 0 atom stereocenters. The molecule has 3 aromatic heterocycles. The van der Waals surface area contributed by atoms with Crippen LogP contribution in [-0.2, 0) is 6.61 Å². The van der Waals surface area contributed by atoms with Crippen molar-refractivity contribution in [3.63, 3.8) is 0 Å². The third kappa shape index (κ3) is 8.25. The molecule has 5 rings (SSSR count). The average molecular weight is 632 g/mol. The second-order valence-electron chi connectivity index (χ2n) is 13.1. The predicted octanol–water partition coefficient (Wildman–Crippen LogP) is 9.29. The van der Waals surface area contributed by atoms with E-state index in [-0.39, 0.29) is 23.4 Å². The van der Waals surface area contributed by atoms with Crippen molar-refractivity contribution in [3.05, 3.63) is 112 Å². The van der Waals surface area contributed by atoms with Gasteiger partial charge in [-0.2, -0.15) is 0 Å². The molecule has 8 heteroatoms. The van der Waals surface area contributed by atoms with Crippen molar-refractivity contribution >= 4 is 28.4 Å². The minimum atomic E-state index is -0.342. The van der Waals surface area contributed by atoms with Gasteiger partial charge in [-0.15, -0.1) is 0 Å². The smallest absolute Gasteiger partial charge is 0.326 e. The summed E-state index contributed by atoms with van der Waals surface area (Å²) in [5.74, 6) is 1.50. The number of nitrogens with zero attached hydrogens (tertiary/aromatic N) is 3. The van der Waals surface area contributed by atoms with Gasteiger partial charge in [0, 0.05) is 36.2 Å². The number of amides is 2. The van der Waals surface area contributed by atoms with Gasteiger partial charge >= 0.3 is 6.03 Å². The number of urea groups is 1. The van der Waals surface area contributed by atoms with E-state index in [1.165, 1.54) is 0 Å². The van der Waals surface area contributed by atoms with E-state index in [0.29, 0.717) is 30.4 Å². The first-order valence-electron chi connectivity index (χ1n) is 16.5. The zero-order chi connectivity index (χ0) is 33.5. The summed E-state index contributed by atoms with van der Waals surface area (Å²) in [6.45, 7) is 13.7. The number of aromatic nitrogens is 3. The molecule has 0 radical (unpaired) electrons. The molecule has 0 saturated carbocycles. The van der Waals surface area contributed by atoms with E-state index >= 15 is 0 Å². The molecule has 0 aliphatic carbocycles. The number of benzene rings is 2. The SMILES string of the molecule is CC(C)CCCN(C(=O)Nc1c(C(C)C)cc(-c2cccc(OCc3ccncc3)c2)cc1C(C)C)c1cc2cccnc2[nH]c1=O. The summed E-state index contributed by atoms with van der Waals surface area (Å²) < 4.78 is 6.12. The van der Waals surface area contributed by atoms with Crippen LogP contribution in [0.3, 0.4) is 0 Å². The zero-order valence-corrected chi connectivity index (χ0v) is 28.2. The number of nitrogens with one attached hydrogen (secondary N) is 2. The summed E-state index contributed by atoms with van der Waals surface area (Å²) in [5, 5.41) is 4.04. The number of hydrogen-bond acceptors (Lipinski definition) is 5. The van der Waals surface area contributed by atoms with Crippen LogP contribution < -0.4 is 20.5 Å². The fourth-order valence-corrected chi connectivity index (χ4v) is 5.71. The number of carbonyl (C=O) groups is 1. The normalized spacial score (nSPS) is 11.4. The highest BCUT2D eigenvalue weighted by Gasteiger charge is 2.24. The molecule has 47 heavy (non-hydrogen) atoms. The van der Waals surface area contributed by atoms with Crippen LogP contribution >= 0.6 is 0 Å². The Bertz CT molecular complexity index is 1850. The standard InChI is InChI=1S/C39H45N5O3/c1-25(2)10-9-19-44(35-23-30-12-8-16-41-37(30)43-38(35)45)39(46)42-36-33(26(3)4)21-31(22-34(36)27(5)6)29-11-7-13-32(20-29)47-24-28-14-17-40-18-15-28/h7-8,11-18,20-23,25-27H,9-10,19,24H2,1-6H3,(H,42,46)(H,41,43,45). The third-order valence-corrected chi connectivity index (χ3v) is 8.29. The Morgan fingerprint density at radius 2 is 1.60 bits per heavy atom. The van der Waals surface area contributed by atoms with Gasteiger partial charge in [0.1, 0.15) is 23.7 Å². The molecule has 0 saturated heterocycles. The molecule has 8 nitrogen and oxygen atoms in total. The molecule has 0 aliphatic heterocycles. The number of H-pyrrole nitrogens is 1. The molecule has 244 valence electrons. The molecule has 3 heterocycles.